The minimum absolute atomic E-state index is 0.00839. The minimum Gasteiger partial charge on any atom is -0.379 e. The Morgan fingerprint density at radius 2 is 1.96 bits per heavy atom. The van der Waals surface area contributed by atoms with Crippen molar-refractivity contribution in [1.82, 2.24) is 5.32 Å². The van der Waals surface area contributed by atoms with Crippen molar-refractivity contribution < 1.29 is 9.53 Å². The molecule has 0 aliphatic heterocycles. The van der Waals surface area contributed by atoms with Gasteiger partial charge in [-0.3, -0.25) is 4.79 Å². The van der Waals surface area contributed by atoms with Crippen molar-refractivity contribution in [1.29, 1.82) is 0 Å². The molecule has 0 spiro atoms. The van der Waals surface area contributed by atoms with Crippen LogP contribution in [0.5, 0.6) is 0 Å². The van der Waals surface area contributed by atoms with Crippen LogP contribution in [0.15, 0.2) is 48.5 Å². The number of benzene rings is 2. The van der Waals surface area contributed by atoms with E-state index in [2.05, 4.69) is 31.3 Å². The molecule has 0 bridgehead atoms. The maximum Gasteiger partial charge on any atom is 0.248 e. The third-order valence-corrected chi connectivity index (χ3v) is 5.90. The lowest BCUT2D eigenvalue weighted by atomic mass is 9.67. The summed E-state index contributed by atoms with van der Waals surface area (Å²) in [5.41, 5.74) is 15.8. The Morgan fingerprint density at radius 3 is 2.61 bits per heavy atom. The maximum atomic E-state index is 11.7. The lowest BCUT2D eigenvalue weighted by molar-refractivity contribution is 0.0351. The largest absolute Gasteiger partial charge is 0.379 e. The van der Waals surface area contributed by atoms with Crippen molar-refractivity contribution in [2.75, 3.05) is 13.7 Å². The number of hydrogen-bond acceptors (Lipinski definition) is 4. The molecule has 0 radical (unpaired) electrons. The Hall–Kier alpha value is -2.21. The van der Waals surface area contributed by atoms with Gasteiger partial charge in [-0.15, -0.1) is 0 Å². The summed E-state index contributed by atoms with van der Waals surface area (Å²) in [6.45, 7) is 5.05. The van der Waals surface area contributed by atoms with E-state index in [1.54, 1.807) is 13.2 Å². The van der Waals surface area contributed by atoms with Crippen molar-refractivity contribution in [2.45, 2.75) is 50.3 Å². The van der Waals surface area contributed by atoms with Gasteiger partial charge in [0.15, 0.2) is 0 Å². The zero-order valence-electron chi connectivity index (χ0n) is 16.9. The quantitative estimate of drug-likeness (QED) is 0.685. The molecule has 3 rings (SSSR count). The smallest absolute Gasteiger partial charge is 0.248 e. The number of carbonyl (C=O) groups is 1. The summed E-state index contributed by atoms with van der Waals surface area (Å²) < 4.78 is 5.83. The number of methoxy groups -OCH3 is 1. The molecule has 1 aliphatic rings. The molecular formula is C23H31N3O2. The number of nitrogens with two attached hydrogens (primary N) is 2. The van der Waals surface area contributed by atoms with E-state index in [1.165, 1.54) is 11.1 Å². The Bertz CT molecular complexity index is 820. The van der Waals surface area contributed by atoms with Crippen LogP contribution in [0, 0.1) is 0 Å². The molecule has 1 amide bonds. The first-order chi connectivity index (χ1) is 13.3. The van der Waals surface area contributed by atoms with Gasteiger partial charge < -0.3 is 21.5 Å². The molecule has 0 saturated heterocycles. The highest BCUT2D eigenvalue weighted by Crippen LogP contribution is 2.38. The van der Waals surface area contributed by atoms with Crippen LogP contribution < -0.4 is 16.8 Å². The van der Waals surface area contributed by atoms with Crippen LogP contribution in [0.25, 0.3) is 0 Å². The van der Waals surface area contributed by atoms with Crippen LogP contribution in [0.4, 0.5) is 0 Å². The van der Waals surface area contributed by atoms with Crippen LogP contribution in [0.1, 0.15) is 40.9 Å². The third-order valence-electron chi connectivity index (χ3n) is 5.90. The van der Waals surface area contributed by atoms with Crippen LogP contribution in [0.2, 0.25) is 0 Å². The van der Waals surface area contributed by atoms with E-state index in [9.17, 15) is 4.79 Å². The molecule has 0 fully saturated rings. The summed E-state index contributed by atoms with van der Waals surface area (Å²) in [7, 11) is 1.75. The molecule has 3 unspecified atom stereocenters. The van der Waals surface area contributed by atoms with Crippen molar-refractivity contribution in [3.05, 3.63) is 70.8 Å². The van der Waals surface area contributed by atoms with Crippen molar-refractivity contribution in [3.63, 3.8) is 0 Å². The first-order valence-corrected chi connectivity index (χ1v) is 9.81. The highest BCUT2D eigenvalue weighted by Gasteiger charge is 2.42. The summed E-state index contributed by atoms with van der Waals surface area (Å²) in [6, 6.07) is 16.1. The van der Waals surface area contributed by atoms with E-state index in [-0.39, 0.29) is 23.6 Å². The SMILES string of the molecule is COC1Cc2ccc(C(N)=O)cc2C(C)(C)C1NCC(N)Cc1ccccc1. The Kier molecular flexibility index (Phi) is 6.18. The monoisotopic (exact) mass is 381 g/mol. The normalized spacial score (nSPS) is 21.7. The van der Waals surface area contributed by atoms with Crippen molar-refractivity contribution in [2.24, 2.45) is 11.5 Å². The second-order valence-corrected chi connectivity index (χ2v) is 8.27. The van der Waals surface area contributed by atoms with Gasteiger partial charge in [0.2, 0.25) is 5.91 Å². The zero-order valence-corrected chi connectivity index (χ0v) is 16.9. The van der Waals surface area contributed by atoms with E-state index in [0.717, 1.165) is 18.4 Å². The van der Waals surface area contributed by atoms with E-state index < -0.39 is 5.91 Å². The Morgan fingerprint density at radius 1 is 1.25 bits per heavy atom. The molecule has 2 aromatic carbocycles. The first kappa shape index (κ1) is 20.5. The average Bonchev–Trinajstić information content (AvgIpc) is 2.67. The number of ether oxygens (including phenoxy) is 1. The van der Waals surface area contributed by atoms with Gasteiger partial charge in [-0.1, -0.05) is 50.2 Å². The molecule has 28 heavy (non-hydrogen) atoms. The van der Waals surface area contributed by atoms with Gasteiger partial charge in [0, 0.05) is 43.1 Å². The van der Waals surface area contributed by atoms with E-state index in [0.29, 0.717) is 12.1 Å². The van der Waals surface area contributed by atoms with Gasteiger partial charge in [-0.25, -0.2) is 0 Å². The number of amides is 1. The Balaban J connectivity index is 1.77. The van der Waals surface area contributed by atoms with Crippen LogP contribution in [0.3, 0.4) is 0 Å². The number of primary amides is 1. The van der Waals surface area contributed by atoms with Gasteiger partial charge in [0.05, 0.1) is 6.10 Å². The molecule has 1 aliphatic carbocycles. The van der Waals surface area contributed by atoms with E-state index >= 15 is 0 Å². The molecule has 3 atom stereocenters. The minimum atomic E-state index is -0.401. The molecule has 0 saturated carbocycles. The van der Waals surface area contributed by atoms with Crippen molar-refractivity contribution in [3.8, 4) is 0 Å². The summed E-state index contributed by atoms with van der Waals surface area (Å²) in [6.07, 6.45) is 1.65. The second kappa shape index (κ2) is 8.43. The van der Waals surface area contributed by atoms with Crippen LogP contribution in [-0.4, -0.2) is 37.7 Å². The number of hydrogen-bond donors (Lipinski definition) is 3. The lowest BCUT2D eigenvalue weighted by Crippen LogP contribution is -2.58. The standard InChI is InChI=1S/C23H31N3O2/c1-23(2)19-12-17(22(25)27)10-9-16(19)13-20(28-3)21(23)26-14-18(24)11-15-7-5-4-6-8-15/h4-10,12,18,20-21,26H,11,13-14,24H2,1-3H3,(H2,25,27). The maximum absolute atomic E-state index is 11.7. The topological polar surface area (TPSA) is 90.4 Å². The molecule has 0 aromatic heterocycles. The number of fused-ring (bicyclic) bond motifs is 1. The van der Waals surface area contributed by atoms with Gasteiger partial charge in [0.25, 0.3) is 0 Å². The average molecular weight is 382 g/mol. The fourth-order valence-electron chi connectivity index (χ4n) is 4.35. The number of carbonyl (C=O) groups excluding carboxylic acids is 1. The number of rotatable bonds is 7. The van der Waals surface area contributed by atoms with E-state index in [1.807, 2.05) is 30.3 Å². The molecule has 5 N–H and O–H groups in total. The third kappa shape index (κ3) is 4.27. The molecule has 5 nitrogen and oxygen atoms in total. The summed E-state index contributed by atoms with van der Waals surface area (Å²) in [5.74, 6) is -0.401. The highest BCUT2D eigenvalue weighted by atomic mass is 16.5. The predicted octanol–water partition coefficient (Wildman–Crippen LogP) is 2.16. The molecule has 5 heteroatoms. The summed E-state index contributed by atoms with van der Waals surface area (Å²) >= 11 is 0. The Labute approximate surface area is 167 Å². The van der Waals surface area contributed by atoms with Gasteiger partial charge in [-0.2, -0.15) is 0 Å². The molecular weight excluding hydrogens is 350 g/mol. The molecule has 150 valence electrons. The van der Waals surface area contributed by atoms with E-state index in [4.69, 9.17) is 16.2 Å². The first-order valence-electron chi connectivity index (χ1n) is 9.81. The van der Waals surface area contributed by atoms with Crippen molar-refractivity contribution >= 4 is 5.91 Å². The van der Waals surface area contributed by atoms with Crippen LogP contribution in [-0.2, 0) is 23.0 Å². The summed E-state index contributed by atoms with van der Waals surface area (Å²) in [4.78, 5) is 11.7. The number of nitrogens with one attached hydrogen (secondary N) is 1. The molecule has 2 aromatic rings. The highest BCUT2D eigenvalue weighted by molar-refractivity contribution is 5.93. The fourth-order valence-corrected chi connectivity index (χ4v) is 4.35. The zero-order chi connectivity index (χ0) is 20.3. The molecule has 0 heterocycles. The second-order valence-electron chi connectivity index (χ2n) is 8.27. The lowest BCUT2D eigenvalue weighted by Gasteiger charge is -2.45. The fraction of sp³-hybridized carbons (Fsp3) is 0.435. The van der Waals surface area contributed by atoms with Crippen LogP contribution >= 0.6 is 0 Å². The van der Waals surface area contributed by atoms with Gasteiger partial charge in [0.1, 0.15) is 0 Å². The van der Waals surface area contributed by atoms with Gasteiger partial charge >= 0.3 is 0 Å². The predicted molar refractivity (Wildman–Crippen MR) is 112 cm³/mol. The van der Waals surface area contributed by atoms with Gasteiger partial charge in [-0.05, 0) is 35.2 Å². The summed E-state index contributed by atoms with van der Waals surface area (Å²) in [5, 5.41) is 3.66.